The molecule has 0 saturated carbocycles. The molecule has 0 amide bonds. The van der Waals surface area contributed by atoms with Gasteiger partial charge in [0.25, 0.3) is 0 Å². The molecule has 0 unspecified atom stereocenters. The second-order valence-corrected chi connectivity index (χ2v) is 16.0. The van der Waals surface area contributed by atoms with E-state index in [1.165, 1.54) is 43.8 Å². The Labute approximate surface area is 241 Å². The van der Waals surface area contributed by atoms with Crippen LogP contribution in [0.2, 0.25) is 12.1 Å². The third kappa shape index (κ3) is 7.46. The van der Waals surface area contributed by atoms with Gasteiger partial charge in [0.05, 0.1) is 0 Å². The molecular formula is C32H26Cl2SiZr-2. The zero-order chi connectivity index (χ0) is 23.2. The normalized spacial score (nSPS) is 12.7. The molecule has 1 heterocycles. The van der Waals surface area contributed by atoms with E-state index in [2.05, 4.69) is 115 Å². The number of hydrogen-bond acceptors (Lipinski definition) is 0. The second kappa shape index (κ2) is 14.0. The topological polar surface area (TPSA) is 0 Å². The molecule has 0 nitrogen and oxygen atoms in total. The molecule has 7 rings (SSSR count). The van der Waals surface area contributed by atoms with Crippen LogP contribution in [-0.2, 0) is 23.3 Å². The van der Waals surface area contributed by atoms with Crippen LogP contribution in [0.5, 0.6) is 0 Å². The number of benzene rings is 4. The van der Waals surface area contributed by atoms with Crippen molar-refractivity contribution in [3.63, 3.8) is 0 Å². The van der Waals surface area contributed by atoms with E-state index >= 15 is 0 Å². The summed E-state index contributed by atoms with van der Waals surface area (Å²) in [4.78, 5) is 0. The van der Waals surface area contributed by atoms with Gasteiger partial charge < -0.3 is 24.8 Å². The largest absolute Gasteiger partial charge is 0.126 e. The van der Waals surface area contributed by atoms with Crippen molar-refractivity contribution in [1.29, 1.82) is 0 Å². The number of hydrogen-bond donors (Lipinski definition) is 0. The Morgan fingerprint density at radius 2 is 1.11 bits per heavy atom. The predicted octanol–water partition coefficient (Wildman–Crippen LogP) is 2.90. The van der Waals surface area contributed by atoms with E-state index in [0.717, 1.165) is 6.42 Å². The quantitative estimate of drug-likeness (QED) is 0.216. The van der Waals surface area contributed by atoms with Gasteiger partial charge in [-0.3, -0.25) is 6.08 Å². The van der Waals surface area contributed by atoms with Crippen LogP contribution in [0.4, 0.5) is 0 Å². The fourth-order valence-electron chi connectivity index (χ4n) is 4.05. The van der Waals surface area contributed by atoms with Crippen LogP contribution in [0, 0.1) is 6.08 Å². The molecule has 0 spiro atoms. The maximum Gasteiger partial charge on any atom is -0.0259 e. The SMILES string of the molecule is [C-]1=CC=CC1.[Cl-].[Cl-].[Zr+2]=[Si]1CC1.c1ccc(-c2ccc3c(c2)[cH-]c2cc(-c4ccccc4)ccc23)cc1. The van der Waals surface area contributed by atoms with Gasteiger partial charge in [-0.25, -0.2) is 12.2 Å². The first-order valence-electron chi connectivity index (χ1n) is 11.8. The van der Waals surface area contributed by atoms with Crippen molar-refractivity contribution in [3.05, 3.63) is 127 Å². The van der Waals surface area contributed by atoms with Gasteiger partial charge >= 0.3 is 40.9 Å². The molecule has 0 atom stereocenters. The van der Waals surface area contributed by atoms with Crippen LogP contribution < -0.4 is 24.8 Å². The summed E-state index contributed by atoms with van der Waals surface area (Å²) in [5, 5.41) is 5.27. The molecule has 0 N–H and O–H groups in total. The van der Waals surface area contributed by atoms with Crippen molar-refractivity contribution in [3.8, 4) is 22.3 Å². The van der Waals surface area contributed by atoms with Crippen molar-refractivity contribution in [1.82, 2.24) is 0 Å². The molecule has 1 fully saturated rings. The average Bonchev–Trinajstić information content (AvgIpc) is 3.34. The Kier molecular flexibility index (Phi) is 11.1. The van der Waals surface area contributed by atoms with Gasteiger partial charge in [-0.05, 0) is 11.1 Å². The molecule has 178 valence electrons. The third-order valence-corrected chi connectivity index (χ3v) is 10.7. The molecule has 4 heteroatoms. The molecule has 36 heavy (non-hydrogen) atoms. The monoisotopic (exact) mass is 598 g/mol. The van der Waals surface area contributed by atoms with Gasteiger partial charge in [-0.2, -0.15) is 6.08 Å². The number of fused-ring (bicyclic) bond motifs is 3. The summed E-state index contributed by atoms with van der Waals surface area (Å²) in [5.41, 5.74) is 5.53. The smallest absolute Gasteiger partial charge is 0.0259 e. The second-order valence-electron chi connectivity index (χ2n) is 8.59. The molecule has 0 aromatic heterocycles. The fraction of sp³-hybridized carbons (Fsp3) is 0.0938. The van der Waals surface area contributed by atoms with Gasteiger partial charge in [0.2, 0.25) is 0 Å². The van der Waals surface area contributed by atoms with E-state index in [4.69, 9.17) is 0 Å². The summed E-state index contributed by atoms with van der Waals surface area (Å²) >= 11 is 1.85. The van der Waals surface area contributed by atoms with Crippen LogP contribution in [-0.4, -0.2) is 5.43 Å². The Morgan fingerprint density at radius 3 is 1.44 bits per heavy atom. The van der Waals surface area contributed by atoms with E-state index in [0.29, 0.717) is 5.43 Å². The summed E-state index contributed by atoms with van der Waals surface area (Å²) in [7, 11) is 0. The van der Waals surface area contributed by atoms with Crippen molar-refractivity contribution in [2.75, 3.05) is 0 Å². The van der Waals surface area contributed by atoms with Crippen molar-refractivity contribution >= 4 is 27.0 Å². The van der Waals surface area contributed by atoms with E-state index in [1.54, 1.807) is 12.1 Å². The van der Waals surface area contributed by atoms with Crippen LogP contribution in [0.15, 0.2) is 121 Å². The molecule has 0 radical (unpaired) electrons. The van der Waals surface area contributed by atoms with Gasteiger partial charge in [0.1, 0.15) is 0 Å². The summed E-state index contributed by atoms with van der Waals surface area (Å²) < 4.78 is 0. The molecule has 1 saturated heterocycles. The van der Waals surface area contributed by atoms with Gasteiger partial charge in [0.15, 0.2) is 0 Å². The summed E-state index contributed by atoms with van der Waals surface area (Å²) in [6, 6.07) is 40.3. The first-order chi connectivity index (χ1) is 16.8. The van der Waals surface area contributed by atoms with Gasteiger partial charge in [-0.15, -0.1) is 46.2 Å². The molecule has 1 aliphatic carbocycles. The zero-order valence-electron chi connectivity index (χ0n) is 19.9. The minimum Gasteiger partial charge on any atom is -0.126 e. The third-order valence-electron chi connectivity index (χ3n) is 6.00. The van der Waals surface area contributed by atoms with Crippen LogP contribution in [0.25, 0.3) is 43.8 Å². The number of rotatable bonds is 2. The van der Waals surface area contributed by atoms with E-state index < -0.39 is 0 Å². The first-order valence-corrected chi connectivity index (χ1v) is 17.4. The Balaban J connectivity index is 0.000000278. The standard InChI is InChI=1S/C25H17.C5H5.C2H4Si.2ClH.Zr/c1-3-7-18(8-4-1)20-11-13-24-22(15-20)17-23-16-21(12-14-25(23)24)19-9-5-2-6-10-19;1-2-4-5-3-1;1-2-3-1;;;/h1-17H;1-3H,4H2;1-2H2;2*1H;/q2*-1;;;;+2/p-2. The minimum absolute atomic E-state index is 0. The Bertz CT molecular complexity index is 1370. The molecule has 2 aliphatic rings. The zero-order valence-corrected chi connectivity index (χ0v) is 24.9. The fourth-order valence-corrected chi connectivity index (χ4v) is 7.31. The predicted molar refractivity (Wildman–Crippen MR) is 145 cm³/mol. The van der Waals surface area contributed by atoms with E-state index in [1.807, 2.05) is 35.5 Å². The van der Waals surface area contributed by atoms with Crippen molar-refractivity contribution < 1.29 is 48.1 Å². The van der Waals surface area contributed by atoms with Crippen LogP contribution in [0.1, 0.15) is 6.42 Å². The number of halogens is 2. The molecular weight excluding hydrogens is 575 g/mol. The first kappa shape index (κ1) is 28.5. The maximum atomic E-state index is 2.99. The van der Waals surface area contributed by atoms with Gasteiger partial charge in [-0.1, -0.05) is 96.1 Å². The molecule has 0 bridgehead atoms. The van der Waals surface area contributed by atoms with Gasteiger partial charge in [0, 0.05) is 0 Å². The Hall–Kier alpha value is -2.09. The molecule has 5 aromatic rings. The average molecular weight is 601 g/mol. The van der Waals surface area contributed by atoms with Crippen LogP contribution in [0.3, 0.4) is 0 Å². The Morgan fingerprint density at radius 1 is 0.639 bits per heavy atom. The summed E-state index contributed by atoms with van der Waals surface area (Å²) in [6.07, 6.45) is 10.0. The molecule has 1 aliphatic heterocycles. The van der Waals surface area contributed by atoms with Crippen molar-refractivity contribution in [2.24, 2.45) is 0 Å². The summed E-state index contributed by atoms with van der Waals surface area (Å²) in [6.45, 7) is 0. The van der Waals surface area contributed by atoms with E-state index in [9.17, 15) is 0 Å². The minimum atomic E-state index is 0. The summed E-state index contributed by atoms with van der Waals surface area (Å²) in [5.74, 6) is 0. The maximum absolute atomic E-state index is 2.99. The molecule has 5 aromatic carbocycles. The van der Waals surface area contributed by atoms with Crippen molar-refractivity contribution in [2.45, 2.75) is 18.5 Å². The number of allylic oxidation sites excluding steroid dienone is 4. The van der Waals surface area contributed by atoms with Crippen LogP contribution >= 0.6 is 0 Å². The van der Waals surface area contributed by atoms with E-state index in [-0.39, 0.29) is 24.8 Å².